The van der Waals surface area contributed by atoms with Crippen LogP contribution in [-0.2, 0) is 4.79 Å². The summed E-state index contributed by atoms with van der Waals surface area (Å²) in [5.74, 6) is -0.879. The minimum Gasteiger partial charge on any atom is -0.340 e. The van der Waals surface area contributed by atoms with Gasteiger partial charge in [-0.15, -0.1) is 0 Å². The van der Waals surface area contributed by atoms with E-state index in [9.17, 15) is 14.0 Å². The summed E-state index contributed by atoms with van der Waals surface area (Å²) >= 11 is 0. The first-order valence-corrected chi connectivity index (χ1v) is 9.49. The van der Waals surface area contributed by atoms with Crippen molar-refractivity contribution < 1.29 is 14.0 Å². The Labute approximate surface area is 159 Å². The van der Waals surface area contributed by atoms with E-state index in [1.807, 2.05) is 42.2 Å². The summed E-state index contributed by atoms with van der Waals surface area (Å²) in [6, 6.07) is 15.8. The summed E-state index contributed by atoms with van der Waals surface area (Å²) in [6.07, 6.45) is 1.42. The summed E-state index contributed by atoms with van der Waals surface area (Å²) in [5, 5.41) is 0. The molecule has 142 valence electrons. The second-order valence-electron chi connectivity index (χ2n) is 6.82. The van der Waals surface area contributed by atoms with Gasteiger partial charge in [-0.1, -0.05) is 49.4 Å². The Hall–Kier alpha value is -2.69. The molecule has 27 heavy (non-hydrogen) atoms. The van der Waals surface area contributed by atoms with Crippen LogP contribution in [0.4, 0.5) is 4.39 Å². The average Bonchev–Trinajstić information content (AvgIpc) is 2.95. The molecule has 1 heterocycles. The third-order valence-electron chi connectivity index (χ3n) is 5.11. The fourth-order valence-electron chi connectivity index (χ4n) is 3.60. The van der Waals surface area contributed by atoms with Gasteiger partial charge in [0.05, 0.1) is 11.5 Å². The van der Waals surface area contributed by atoms with Crippen LogP contribution in [0.25, 0.3) is 0 Å². The van der Waals surface area contributed by atoms with Crippen LogP contribution in [-0.4, -0.2) is 47.8 Å². The normalized spacial score (nSPS) is 15.9. The maximum absolute atomic E-state index is 13.9. The second-order valence-corrected chi connectivity index (χ2v) is 6.82. The number of hydrogen-bond donors (Lipinski definition) is 0. The zero-order valence-corrected chi connectivity index (χ0v) is 15.6. The van der Waals surface area contributed by atoms with E-state index in [0.29, 0.717) is 32.6 Å². The highest BCUT2D eigenvalue weighted by molar-refractivity contribution is 5.94. The lowest BCUT2D eigenvalue weighted by Gasteiger charge is -2.26. The van der Waals surface area contributed by atoms with E-state index in [2.05, 4.69) is 0 Å². The lowest BCUT2D eigenvalue weighted by molar-refractivity contribution is -0.132. The first-order valence-electron chi connectivity index (χ1n) is 9.49. The summed E-state index contributed by atoms with van der Waals surface area (Å²) in [6.45, 7) is 4.05. The lowest BCUT2D eigenvalue weighted by atomic mass is 9.95. The predicted molar refractivity (Wildman–Crippen MR) is 103 cm³/mol. The van der Waals surface area contributed by atoms with Crippen molar-refractivity contribution in [3.63, 3.8) is 0 Å². The number of hydrogen-bond acceptors (Lipinski definition) is 2. The molecule has 3 rings (SSSR count). The molecule has 1 unspecified atom stereocenters. The molecule has 0 bridgehead atoms. The van der Waals surface area contributed by atoms with Crippen LogP contribution in [0.5, 0.6) is 0 Å². The molecule has 0 radical (unpaired) electrons. The zero-order valence-electron chi connectivity index (χ0n) is 15.6. The number of halogens is 1. The van der Waals surface area contributed by atoms with Gasteiger partial charge in [-0.2, -0.15) is 0 Å². The molecule has 1 atom stereocenters. The van der Waals surface area contributed by atoms with Crippen molar-refractivity contribution in [2.24, 2.45) is 0 Å². The molecule has 2 aromatic carbocycles. The Morgan fingerprint density at radius 1 is 0.926 bits per heavy atom. The standard InChI is InChI=1S/C22H25FN2O2/c1-2-18(17-9-4-3-5-10-17)21(26)24-13-8-14-25(16-15-24)22(27)19-11-6-7-12-20(19)23/h3-7,9-12,18H,2,8,13-16H2,1H3. The van der Waals surface area contributed by atoms with E-state index >= 15 is 0 Å². The van der Waals surface area contributed by atoms with Gasteiger partial charge in [-0.25, -0.2) is 4.39 Å². The van der Waals surface area contributed by atoms with Gasteiger partial charge < -0.3 is 9.80 Å². The Balaban J connectivity index is 1.68. The van der Waals surface area contributed by atoms with E-state index in [1.165, 1.54) is 12.1 Å². The van der Waals surface area contributed by atoms with Crippen molar-refractivity contribution in [1.82, 2.24) is 9.80 Å². The van der Waals surface area contributed by atoms with Gasteiger partial charge in [0.1, 0.15) is 5.82 Å². The average molecular weight is 368 g/mol. The van der Waals surface area contributed by atoms with Crippen molar-refractivity contribution in [2.75, 3.05) is 26.2 Å². The Morgan fingerprint density at radius 3 is 2.26 bits per heavy atom. The highest BCUT2D eigenvalue weighted by Crippen LogP contribution is 2.23. The van der Waals surface area contributed by atoms with Crippen molar-refractivity contribution in [2.45, 2.75) is 25.7 Å². The number of nitrogens with zero attached hydrogens (tertiary/aromatic N) is 2. The van der Waals surface area contributed by atoms with Gasteiger partial charge in [0.25, 0.3) is 5.91 Å². The molecule has 0 spiro atoms. The monoisotopic (exact) mass is 368 g/mol. The predicted octanol–water partition coefficient (Wildman–Crippen LogP) is 3.69. The van der Waals surface area contributed by atoms with Gasteiger partial charge in [-0.05, 0) is 30.5 Å². The first kappa shape index (κ1) is 19.1. The summed E-state index contributed by atoms with van der Waals surface area (Å²) in [5.41, 5.74) is 1.11. The maximum Gasteiger partial charge on any atom is 0.256 e. The van der Waals surface area contributed by atoms with E-state index in [4.69, 9.17) is 0 Å². The number of amides is 2. The van der Waals surface area contributed by atoms with Gasteiger partial charge in [0.15, 0.2) is 0 Å². The number of benzene rings is 2. The molecule has 2 aromatic rings. The Kier molecular flexibility index (Phi) is 6.22. The fourth-order valence-corrected chi connectivity index (χ4v) is 3.60. The third-order valence-corrected chi connectivity index (χ3v) is 5.11. The SMILES string of the molecule is CCC(C(=O)N1CCCN(C(=O)c2ccccc2F)CC1)c1ccccc1. The molecule has 0 N–H and O–H groups in total. The lowest BCUT2D eigenvalue weighted by Crippen LogP contribution is -2.39. The van der Waals surface area contributed by atoms with Crippen molar-refractivity contribution in [3.8, 4) is 0 Å². The van der Waals surface area contributed by atoms with Crippen LogP contribution < -0.4 is 0 Å². The van der Waals surface area contributed by atoms with Crippen molar-refractivity contribution in [1.29, 1.82) is 0 Å². The molecule has 2 amide bonds. The van der Waals surface area contributed by atoms with E-state index in [-0.39, 0.29) is 23.3 Å². The maximum atomic E-state index is 13.9. The van der Waals surface area contributed by atoms with Crippen LogP contribution in [0.2, 0.25) is 0 Å². The van der Waals surface area contributed by atoms with Crippen LogP contribution in [0.3, 0.4) is 0 Å². The smallest absolute Gasteiger partial charge is 0.256 e. The minimum atomic E-state index is -0.505. The minimum absolute atomic E-state index is 0.0907. The fraction of sp³-hybridized carbons (Fsp3) is 0.364. The van der Waals surface area contributed by atoms with E-state index in [1.54, 1.807) is 17.0 Å². The third kappa shape index (κ3) is 4.35. The van der Waals surface area contributed by atoms with E-state index < -0.39 is 5.82 Å². The Morgan fingerprint density at radius 2 is 1.56 bits per heavy atom. The zero-order chi connectivity index (χ0) is 19.2. The summed E-state index contributed by atoms with van der Waals surface area (Å²) in [4.78, 5) is 29.2. The number of carbonyl (C=O) groups excluding carboxylic acids is 2. The highest BCUT2D eigenvalue weighted by atomic mass is 19.1. The van der Waals surface area contributed by atoms with Crippen LogP contribution in [0.1, 0.15) is 41.6 Å². The van der Waals surface area contributed by atoms with Gasteiger partial charge in [0.2, 0.25) is 5.91 Å². The first-order chi connectivity index (χ1) is 13.1. The highest BCUT2D eigenvalue weighted by Gasteiger charge is 2.28. The number of rotatable bonds is 4. The molecule has 0 aliphatic carbocycles. The molecule has 5 heteroatoms. The largest absolute Gasteiger partial charge is 0.340 e. The molecule has 1 aliphatic rings. The quantitative estimate of drug-likeness (QED) is 0.826. The molecular formula is C22H25FN2O2. The Bertz CT molecular complexity index is 794. The van der Waals surface area contributed by atoms with Crippen molar-refractivity contribution >= 4 is 11.8 Å². The summed E-state index contributed by atoms with van der Waals surface area (Å²) < 4.78 is 13.9. The molecule has 1 fully saturated rings. The van der Waals surface area contributed by atoms with Crippen LogP contribution in [0, 0.1) is 5.82 Å². The number of carbonyl (C=O) groups is 2. The second kappa shape index (κ2) is 8.80. The van der Waals surface area contributed by atoms with Gasteiger partial charge >= 0.3 is 0 Å². The van der Waals surface area contributed by atoms with Crippen LogP contribution in [0.15, 0.2) is 54.6 Å². The molecule has 4 nitrogen and oxygen atoms in total. The topological polar surface area (TPSA) is 40.6 Å². The molecule has 0 saturated carbocycles. The van der Waals surface area contributed by atoms with Gasteiger partial charge in [0, 0.05) is 26.2 Å². The summed E-state index contributed by atoms with van der Waals surface area (Å²) in [7, 11) is 0. The van der Waals surface area contributed by atoms with Crippen molar-refractivity contribution in [3.05, 3.63) is 71.5 Å². The van der Waals surface area contributed by atoms with E-state index in [0.717, 1.165) is 12.0 Å². The molecular weight excluding hydrogens is 343 g/mol. The molecule has 1 aliphatic heterocycles. The van der Waals surface area contributed by atoms with Gasteiger partial charge in [-0.3, -0.25) is 9.59 Å². The molecule has 1 saturated heterocycles. The molecule has 0 aromatic heterocycles. The van der Waals surface area contributed by atoms with Crippen LogP contribution >= 0.6 is 0 Å².